The van der Waals surface area contributed by atoms with Gasteiger partial charge >= 0.3 is 0 Å². The van der Waals surface area contributed by atoms with Crippen LogP contribution in [0.3, 0.4) is 0 Å². The highest BCUT2D eigenvalue weighted by Crippen LogP contribution is 2.23. The molecule has 2 aromatic heterocycles. The third kappa shape index (κ3) is 2.83. The van der Waals surface area contributed by atoms with Crippen LogP contribution in [0.5, 0.6) is 0 Å². The summed E-state index contributed by atoms with van der Waals surface area (Å²) in [7, 11) is 1.88. The highest BCUT2D eigenvalue weighted by atomic mass is 35.5. The summed E-state index contributed by atoms with van der Waals surface area (Å²) in [4.78, 5) is 0. The highest BCUT2D eigenvalue weighted by molar-refractivity contribution is 7.98. The Morgan fingerprint density at radius 3 is 2.70 bits per heavy atom. The molecule has 0 aliphatic carbocycles. The lowest BCUT2D eigenvalue weighted by molar-refractivity contribution is 0.528. The number of rotatable bonds is 4. The van der Waals surface area contributed by atoms with Gasteiger partial charge in [0.25, 0.3) is 0 Å². The summed E-state index contributed by atoms with van der Waals surface area (Å²) in [6.45, 7) is 0. The molecule has 1 aromatic carbocycles. The monoisotopic (exact) mass is 307 g/mol. The first-order valence-electron chi connectivity index (χ1n) is 5.77. The first-order chi connectivity index (χ1) is 9.72. The average molecular weight is 308 g/mol. The van der Waals surface area contributed by atoms with E-state index in [1.165, 1.54) is 11.8 Å². The Morgan fingerprint density at radius 1 is 1.20 bits per heavy atom. The number of halogens is 1. The minimum absolute atomic E-state index is 0.482. The molecule has 6 nitrogen and oxygen atoms in total. The van der Waals surface area contributed by atoms with Crippen molar-refractivity contribution < 1.29 is 4.42 Å². The van der Waals surface area contributed by atoms with Gasteiger partial charge < -0.3 is 8.98 Å². The summed E-state index contributed by atoms with van der Waals surface area (Å²) in [5.74, 6) is 1.57. The zero-order valence-electron chi connectivity index (χ0n) is 10.5. The van der Waals surface area contributed by atoms with Gasteiger partial charge in [0.2, 0.25) is 11.8 Å². The molecule has 2 heterocycles. The molecule has 0 aliphatic heterocycles. The SMILES string of the molecule is Cn1cnnc1SCc1nnc(-c2ccc(Cl)cc2)o1. The number of aryl methyl sites for hydroxylation is 1. The summed E-state index contributed by atoms with van der Waals surface area (Å²) in [5.41, 5.74) is 0.844. The van der Waals surface area contributed by atoms with Crippen LogP contribution in [0, 0.1) is 0 Å². The molecule has 0 spiro atoms. The molecule has 0 radical (unpaired) electrons. The molecular formula is C12H10ClN5OS. The number of aromatic nitrogens is 5. The van der Waals surface area contributed by atoms with Gasteiger partial charge in [-0.2, -0.15) is 0 Å². The van der Waals surface area contributed by atoms with Gasteiger partial charge in [0, 0.05) is 17.6 Å². The van der Waals surface area contributed by atoms with E-state index in [1.54, 1.807) is 18.5 Å². The molecule has 0 saturated heterocycles. The predicted molar refractivity (Wildman–Crippen MR) is 75.3 cm³/mol. The number of nitrogens with zero attached hydrogens (tertiary/aromatic N) is 5. The van der Waals surface area contributed by atoms with Crippen molar-refractivity contribution in [2.45, 2.75) is 10.9 Å². The average Bonchev–Trinajstić information content (AvgIpc) is 3.06. The number of benzene rings is 1. The van der Waals surface area contributed by atoms with E-state index in [9.17, 15) is 0 Å². The smallest absolute Gasteiger partial charge is 0.247 e. The number of thioether (sulfide) groups is 1. The van der Waals surface area contributed by atoms with E-state index in [0.717, 1.165) is 10.7 Å². The maximum Gasteiger partial charge on any atom is 0.247 e. The van der Waals surface area contributed by atoms with Gasteiger partial charge in [0.15, 0.2) is 5.16 Å². The van der Waals surface area contributed by atoms with Crippen molar-refractivity contribution in [2.24, 2.45) is 7.05 Å². The topological polar surface area (TPSA) is 69.6 Å². The van der Waals surface area contributed by atoms with Crippen molar-refractivity contribution in [1.82, 2.24) is 25.0 Å². The van der Waals surface area contributed by atoms with Crippen molar-refractivity contribution in [3.05, 3.63) is 41.5 Å². The van der Waals surface area contributed by atoms with Crippen LogP contribution < -0.4 is 0 Å². The second kappa shape index (κ2) is 5.64. The Balaban J connectivity index is 1.71. The van der Waals surface area contributed by atoms with Crippen LogP contribution in [0.4, 0.5) is 0 Å². The van der Waals surface area contributed by atoms with Gasteiger partial charge in [-0.3, -0.25) is 0 Å². The van der Waals surface area contributed by atoms with Crippen LogP contribution >= 0.6 is 23.4 Å². The molecule has 0 unspecified atom stereocenters. The fourth-order valence-electron chi connectivity index (χ4n) is 1.55. The van der Waals surface area contributed by atoms with Crippen LogP contribution in [0.2, 0.25) is 5.02 Å². The lowest BCUT2D eigenvalue weighted by Gasteiger charge is -1.96. The van der Waals surface area contributed by atoms with E-state index in [-0.39, 0.29) is 0 Å². The van der Waals surface area contributed by atoms with Crippen molar-refractivity contribution in [1.29, 1.82) is 0 Å². The van der Waals surface area contributed by atoms with Crippen LogP contribution in [-0.2, 0) is 12.8 Å². The molecule has 0 aliphatic rings. The summed E-state index contributed by atoms with van der Waals surface area (Å²) < 4.78 is 7.44. The number of hydrogen-bond donors (Lipinski definition) is 0. The third-order valence-corrected chi connectivity index (χ3v) is 3.82. The maximum atomic E-state index is 5.84. The minimum Gasteiger partial charge on any atom is -0.420 e. The summed E-state index contributed by atoms with van der Waals surface area (Å²) in [5, 5.41) is 17.3. The lowest BCUT2D eigenvalue weighted by Crippen LogP contribution is -1.89. The number of hydrogen-bond acceptors (Lipinski definition) is 6. The summed E-state index contributed by atoms with van der Waals surface area (Å²) >= 11 is 7.33. The van der Waals surface area contributed by atoms with E-state index in [1.807, 2.05) is 23.7 Å². The van der Waals surface area contributed by atoms with Crippen LogP contribution in [0.25, 0.3) is 11.5 Å². The molecule has 3 aromatic rings. The van der Waals surface area contributed by atoms with E-state index >= 15 is 0 Å². The second-order valence-corrected chi connectivity index (χ2v) is 5.40. The van der Waals surface area contributed by atoms with Crippen LogP contribution in [0.1, 0.15) is 5.89 Å². The molecule has 0 saturated carbocycles. The fraction of sp³-hybridized carbons (Fsp3) is 0.167. The fourth-order valence-corrected chi connectivity index (χ4v) is 2.40. The molecule has 0 amide bonds. The summed E-state index contributed by atoms with van der Waals surface area (Å²) in [6, 6.07) is 7.26. The van der Waals surface area contributed by atoms with Crippen molar-refractivity contribution >= 4 is 23.4 Å². The third-order valence-electron chi connectivity index (χ3n) is 2.55. The molecule has 3 rings (SSSR count). The van der Waals surface area contributed by atoms with Crippen molar-refractivity contribution in [3.8, 4) is 11.5 Å². The Hall–Kier alpha value is -1.86. The normalized spacial score (nSPS) is 10.9. The molecule has 0 N–H and O–H groups in total. The Bertz CT molecular complexity index is 709. The standard InChI is InChI=1S/C12H10ClN5OS/c1-18-7-14-17-12(18)20-6-10-15-16-11(19-10)8-2-4-9(13)5-3-8/h2-5,7H,6H2,1H3. The lowest BCUT2D eigenvalue weighted by atomic mass is 10.2. The molecule has 0 bridgehead atoms. The van der Waals surface area contributed by atoms with Crippen LogP contribution in [-0.4, -0.2) is 25.0 Å². The van der Waals surface area contributed by atoms with Gasteiger partial charge in [-0.05, 0) is 24.3 Å². The zero-order chi connectivity index (χ0) is 13.9. The Labute approximate surface area is 124 Å². The highest BCUT2D eigenvalue weighted by Gasteiger charge is 2.10. The predicted octanol–water partition coefficient (Wildman–Crippen LogP) is 2.81. The minimum atomic E-state index is 0.482. The van der Waals surface area contributed by atoms with Crippen molar-refractivity contribution in [3.63, 3.8) is 0 Å². The Morgan fingerprint density at radius 2 is 2.00 bits per heavy atom. The first kappa shape index (κ1) is 13.1. The van der Waals surface area contributed by atoms with E-state index in [4.69, 9.17) is 16.0 Å². The molecular weight excluding hydrogens is 298 g/mol. The zero-order valence-corrected chi connectivity index (χ0v) is 12.1. The van der Waals surface area contributed by atoms with E-state index in [2.05, 4.69) is 20.4 Å². The summed E-state index contributed by atoms with van der Waals surface area (Å²) in [6.07, 6.45) is 1.65. The van der Waals surface area contributed by atoms with Crippen molar-refractivity contribution in [2.75, 3.05) is 0 Å². The van der Waals surface area contributed by atoms with Gasteiger partial charge in [-0.25, -0.2) is 0 Å². The first-order valence-corrected chi connectivity index (χ1v) is 7.14. The van der Waals surface area contributed by atoms with E-state index in [0.29, 0.717) is 22.6 Å². The van der Waals surface area contributed by atoms with Gasteiger partial charge in [0.05, 0.1) is 5.75 Å². The van der Waals surface area contributed by atoms with E-state index < -0.39 is 0 Å². The molecule has 0 fully saturated rings. The molecule has 8 heteroatoms. The van der Waals surface area contributed by atoms with Gasteiger partial charge in [0.1, 0.15) is 6.33 Å². The maximum absolute atomic E-state index is 5.84. The Kier molecular flexibility index (Phi) is 3.70. The van der Waals surface area contributed by atoms with Gasteiger partial charge in [-0.1, -0.05) is 23.4 Å². The van der Waals surface area contributed by atoms with Crippen LogP contribution in [0.15, 0.2) is 40.2 Å². The molecule has 102 valence electrons. The largest absolute Gasteiger partial charge is 0.420 e. The molecule has 20 heavy (non-hydrogen) atoms. The quantitative estimate of drug-likeness (QED) is 0.690. The second-order valence-electron chi connectivity index (χ2n) is 4.02. The molecule has 0 atom stereocenters. The van der Waals surface area contributed by atoms with Gasteiger partial charge in [-0.15, -0.1) is 20.4 Å².